The zero-order valence-electron chi connectivity index (χ0n) is 21.1. The molecule has 0 fully saturated rings. The molecule has 1 atom stereocenters. The summed E-state index contributed by atoms with van der Waals surface area (Å²) in [6.07, 6.45) is 19.7. The van der Waals surface area contributed by atoms with Crippen LogP contribution in [0.25, 0.3) is 0 Å². The Morgan fingerprint density at radius 1 is 0.645 bits per heavy atom. The first-order valence-electron chi connectivity index (χ1n) is 13.2. The van der Waals surface area contributed by atoms with Crippen LogP contribution in [-0.4, -0.2) is 22.2 Å². The molecule has 0 aromatic rings. The minimum Gasteiger partial charge on any atom is -0.481 e. The number of hydrogen-bond acceptors (Lipinski definition) is 2. The van der Waals surface area contributed by atoms with E-state index in [1.54, 1.807) is 0 Å². The predicted octanol–water partition coefficient (Wildman–Crippen LogP) is 8.48. The van der Waals surface area contributed by atoms with Crippen molar-refractivity contribution < 1.29 is 19.8 Å². The highest BCUT2D eigenvalue weighted by atomic mass is 16.4. The monoisotopic (exact) mass is 440 g/mol. The highest BCUT2D eigenvalue weighted by Gasteiger charge is 2.41. The first-order chi connectivity index (χ1) is 14.8. The summed E-state index contributed by atoms with van der Waals surface area (Å²) in [7, 11) is 0. The molecule has 0 bridgehead atoms. The van der Waals surface area contributed by atoms with E-state index in [0.29, 0.717) is 19.3 Å². The Morgan fingerprint density at radius 3 is 1.29 bits per heavy atom. The molecule has 0 saturated heterocycles. The van der Waals surface area contributed by atoms with Gasteiger partial charge in [0.15, 0.2) is 0 Å². The van der Waals surface area contributed by atoms with Crippen molar-refractivity contribution in [2.24, 2.45) is 17.3 Å². The third-order valence-electron chi connectivity index (χ3n) is 7.22. The average molecular weight is 441 g/mol. The minimum atomic E-state index is -0.888. The van der Waals surface area contributed by atoms with E-state index in [-0.39, 0.29) is 6.42 Å². The van der Waals surface area contributed by atoms with Gasteiger partial charge in [0.1, 0.15) is 0 Å². The summed E-state index contributed by atoms with van der Waals surface area (Å²) >= 11 is 0. The summed E-state index contributed by atoms with van der Waals surface area (Å²) in [6.45, 7) is 8.46. The lowest BCUT2D eigenvalue weighted by atomic mass is 9.67. The Bertz CT molecular complexity index is 454. The molecule has 1 unspecified atom stereocenters. The molecule has 0 amide bonds. The maximum Gasteiger partial charge on any atom is 0.307 e. The Morgan fingerprint density at radius 2 is 1.00 bits per heavy atom. The quantitative estimate of drug-likeness (QED) is 0.165. The van der Waals surface area contributed by atoms with Crippen molar-refractivity contribution in [2.45, 2.75) is 143 Å². The Kier molecular flexibility index (Phi) is 17.9. The van der Waals surface area contributed by atoms with Crippen molar-refractivity contribution in [1.29, 1.82) is 0 Å². The summed E-state index contributed by atoms with van der Waals surface area (Å²) < 4.78 is 0. The standard InChI is InChI=1S/C27H52O4/c1-5-27(6-2,22-25(28)29)24(26(30)31)21-19-17-15-13-11-9-7-8-10-12-14-16-18-20-23(3)4/h23-24H,5-22H2,1-4H3,(H,28,29)(H,30,31). The van der Waals surface area contributed by atoms with Crippen LogP contribution in [0.3, 0.4) is 0 Å². The average Bonchev–Trinajstić information content (AvgIpc) is 2.71. The van der Waals surface area contributed by atoms with Gasteiger partial charge in [0.2, 0.25) is 0 Å². The van der Waals surface area contributed by atoms with E-state index in [1.807, 2.05) is 13.8 Å². The van der Waals surface area contributed by atoms with Gasteiger partial charge < -0.3 is 10.2 Å². The molecular formula is C27H52O4. The first-order valence-corrected chi connectivity index (χ1v) is 13.2. The van der Waals surface area contributed by atoms with Crippen LogP contribution in [0.15, 0.2) is 0 Å². The molecule has 0 aromatic carbocycles. The van der Waals surface area contributed by atoms with Crippen LogP contribution in [0.4, 0.5) is 0 Å². The highest BCUT2D eigenvalue weighted by Crippen LogP contribution is 2.42. The molecule has 0 aliphatic carbocycles. The molecule has 2 N–H and O–H groups in total. The molecule has 0 spiro atoms. The second-order valence-corrected chi connectivity index (χ2v) is 10.1. The normalized spacial score (nSPS) is 12.9. The van der Waals surface area contributed by atoms with Crippen molar-refractivity contribution in [1.82, 2.24) is 0 Å². The lowest BCUT2D eigenvalue weighted by Gasteiger charge is -2.36. The molecule has 0 radical (unpaired) electrons. The maximum atomic E-state index is 11.8. The third kappa shape index (κ3) is 14.6. The largest absolute Gasteiger partial charge is 0.481 e. The van der Waals surface area contributed by atoms with E-state index in [9.17, 15) is 19.8 Å². The molecule has 0 saturated carbocycles. The number of hydrogen-bond donors (Lipinski definition) is 2. The van der Waals surface area contributed by atoms with Crippen LogP contribution in [0.1, 0.15) is 143 Å². The number of carbonyl (C=O) groups is 2. The Balaban J connectivity index is 3.81. The molecule has 4 heteroatoms. The molecule has 31 heavy (non-hydrogen) atoms. The van der Waals surface area contributed by atoms with E-state index < -0.39 is 23.3 Å². The molecule has 0 rings (SSSR count). The van der Waals surface area contributed by atoms with Crippen molar-refractivity contribution in [2.75, 3.05) is 0 Å². The molecule has 0 aliphatic rings. The van der Waals surface area contributed by atoms with Gasteiger partial charge in [0.25, 0.3) is 0 Å². The zero-order valence-corrected chi connectivity index (χ0v) is 21.1. The van der Waals surface area contributed by atoms with Crippen LogP contribution in [-0.2, 0) is 9.59 Å². The fraction of sp³-hybridized carbons (Fsp3) is 0.926. The van der Waals surface area contributed by atoms with Crippen LogP contribution in [0.5, 0.6) is 0 Å². The summed E-state index contributed by atoms with van der Waals surface area (Å²) in [4.78, 5) is 23.1. The third-order valence-corrected chi connectivity index (χ3v) is 7.22. The second kappa shape index (κ2) is 18.5. The zero-order chi connectivity index (χ0) is 23.5. The molecule has 0 aliphatic heterocycles. The summed E-state index contributed by atoms with van der Waals surface area (Å²) in [6, 6.07) is 0. The topological polar surface area (TPSA) is 74.6 Å². The van der Waals surface area contributed by atoms with Crippen LogP contribution in [0, 0.1) is 17.3 Å². The van der Waals surface area contributed by atoms with E-state index in [1.165, 1.54) is 70.6 Å². The summed E-state index contributed by atoms with van der Waals surface area (Å²) in [5.74, 6) is -1.42. The fourth-order valence-electron chi connectivity index (χ4n) is 4.95. The van der Waals surface area contributed by atoms with Gasteiger partial charge in [0, 0.05) is 0 Å². The lowest BCUT2D eigenvalue weighted by Crippen LogP contribution is -2.37. The van der Waals surface area contributed by atoms with E-state index in [2.05, 4.69) is 13.8 Å². The van der Waals surface area contributed by atoms with E-state index in [4.69, 9.17) is 0 Å². The maximum absolute atomic E-state index is 11.8. The predicted molar refractivity (Wildman–Crippen MR) is 130 cm³/mol. The van der Waals surface area contributed by atoms with Crippen LogP contribution in [0.2, 0.25) is 0 Å². The van der Waals surface area contributed by atoms with Gasteiger partial charge >= 0.3 is 11.9 Å². The van der Waals surface area contributed by atoms with Gasteiger partial charge in [0.05, 0.1) is 12.3 Å². The number of carboxylic acids is 2. The molecule has 0 heterocycles. The molecule has 184 valence electrons. The number of unbranched alkanes of at least 4 members (excludes halogenated alkanes) is 12. The second-order valence-electron chi connectivity index (χ2n) is 10.1. The molecule has 4 nitrogen and oxygen atoms in total. The first kappa shape index (κ1) is 29.9. The highest BCUT2D eigenvalue weighted by molar-refractivity contribution is 5.74. The van der Waals surface area contributed by atoms with Crippen molar-refractivity contribution in [3.63, 3.8) is 0 Å². The van der Waals surface area contributed by atoms with Crippen molar-refractivity contribution >= 4 is 11.9 Å². The molecule has 0 aromatic heterocycles. The van der Waals surface area contributed by atoms with Crippen LogP contribution < -0.4 is 0 Å². The minimum absolute atomic E-state index is 0.0467. The van der Waals surface area contributed by atoms with Gasteiger partial charge in [-0.25, -0.2) is 0 Å². The Labute approximate surface area is 192 Å². The van der Waals surface area contributed by atoms with Crippen molar-refractivity contribution in [3.05, 3.63) is 0 Å². The lowest BCUT2D eigenvalue weighted by molar-refractivity contribution is -0.151. The Hall–Kier alpha value is -1.06. The SMILES string of the molecule is CCC(CC)(CC(=O)O)C(CCCCCCCCCCCCCCCC(C)C)C(=O)O. The number of carboxylic acid groups (broad SMARTS) is 2. The smallest absolute Gasteiger partial charge is 0.307 e. The van der Waals surface area contributed by atoms with E-state index in [0.717, 1.165) is 25.2 Å². The van der Waals surface area contributed by atoms with Gasteiger partial charge in [-0.3, -0.25) is 9.59 Å². The van der Waals surface area contributed by atoms with Gasteiger partial charge in [-0.15, -0.1) is 0 Å². The summed E-state index contributed by atoms with van der Waals surface area (Å²) in [5, 5.41) is 19.0. The van der Waals surface area contributed by atoms with E-state index >= 15 is 0 Å². The van der Waals surface area contributed by atoms with Crippen LogP contribution >= 0.6 is 0 Å². The summed E-state index contributed by atoms with van der Waals surface area (Å²) in [5.41, 5.74) is -0.619. The van der Waals surface area contributed by atoms with Gasteiger partial charge in [-0.2, -0.15) is 0 Å². The van der Waals surface area contributed by atoms with Gasteiger partial charge in [-0.05, 0) is 30.6 Å². The number of rotatable bonds is 22. The molecular weight excluding hydrogens is 388 g/mol. The fourth-order valence-corrected chi connectivity index (χ4v) is 4.95. The van der Waals surface area contributed by atoms with Gasteiger partial charge in [-0.1, -0.05) is 118 Å². The van der Waals surface area contributed by atoms with Crippen molar-refractivity contribution in [3.8, 4) is 0 Å². The number of aliphatic carboxylic acids is 2.